The summed E-state index contributed by atoms with van der Waals surface area (Å²) < 4.78 is 5.66. The van der Waals surface area contributed by atoms with Crippen LogP contribution < -0.4 is 15.4 Å². The largest absolute Gasteiger partial charge is 0.496 e. The fourth-order valence-corrected chi connectivity index (χ4v) is 4.80. The van der Waals surface area contributed by atoms with Gasteiger partial charge in [0.15, 0.2) is 0 Å². The normalized spacial score (nSPS) is 21.0. The molecule has 0 bridgehead atoms. The molecule has 2 fully saturated rings. The fourth-order valence-electron chi connectivity index (χ4n) is 4.80. The van der Waals surface area contributed by atoms with Gasteiger partial charge in [-0.05, 0) is 55.5 Å². The van der Waals surface area contributed by atoms with Crippen LogP contribution in [0.15, 0.2) is 48.5 Å². The zero-order chi connectivity index (χ0) is 21.1. The second kappa shape index (κ2) is 11.4. The van der Waals surface area contributed by atoms with Crippen molar-refractivity contribution in [2.45, 2.75) is 56.8 Å². The number of hydrogen-bond acceptors (Lipinski definition) is 4. The number of ether oxygens (including phenoxy) is 1. The first-order valence-corrected chi connectivity index (χ1v) is 11.0. The lowest BCUT2D eigenvalue weighted by Crippen LogP contribution is -2.45. The number of carbonyl (C=O) groups is 1. The summed E-state index contributed by atoms with van der Waals surface area (Å²) in [6.45, 7) is 3.44. The second-order valence-corrected chi connectivity index (χ2v) is 8.61. The lowest BCUT2D eigenvalue weighted by Gasteiger charge is -2.34. The highest BCUT2D eigenvalue weighted by molar-refractivity contribution is 5.85. The molecule has 1 aliphatic heterocycles. The van der Waals surface area contributed by atoms with Crippen LogP contribution in [0, 0.1) is 0 Å². The number of piperidine rings is 1. The number of amides is 1. The summed E-state index contributed by atoms with van der Waals surface area (Å²) in [6.07, 6.45) is 4.35. The van der Waals surface area contributed by atoms with Crippen LogP contribution in [0.25, 0.3) is 0 Å². The van der Waals surface area contributed by atoms with Gasteiger partial charge < -0.3 is 20.3 Å². The van der Waals surface area contributed by atoms with E-state index in [-0.39, 0.29) is 36.3 Å². The van der Waals surface area contributed by atoms with Crippen LogP contribution >= 0.6 is 24.8 Å². The molecule has 0 aromatic heterocycles. The minimum absolute atomic E-state index is 0. The van der Waals surface area contributed by atoms with Crippen LogP contribution in [0.2, 0.25) is 0 Å². The maximum atomic E-state index is 12.0. The van der Waals surface area contributed by atoms with E-state index in [1.165, 1.54) is 17.5 Å². The van der Waals surface area contributed by atoms with Crippen LogP contribution in [0.1, 0.15) is 55.3 Å². The Morgan fingerprint density at radius 3 is 2.53 bits per heavy atom. The summed E-state index contributed by atoms with van der Waals surface area (Å²) in [6, 6.07) is 17.8. The minimum Gasteiger partial charge on any atom is -0.496 e. The highest BCUT2D eigenvalue weighted by Crippen LogP contribution is 2.51. The molecule has 0 radical (unpaired) electrons. The smallest absolute Gasteiger partial charge is 0.219 e. The Balaban J connectivity index is 0.00000181. The molecule has 2 aliphatic rings. The van der Waals surface area contributed by atoms with Gasteiger partial charge in [0.25, 0.3) is 0 Å². The van der Waals surface area contributed by atoms with Gasteiger partial charge in [0.1, 0.15) is 5.75 Å². The van der Waals surface area contributed by atoms with E-state index in [4.69, 9.17) is 4.74 Å². The van der Waals surface area contributed by atoms with Crippen LogP contribution in [-0.2, 0) is 16.9 Å². The maximum absolute atomic E-state index is 12.0. The first-order chi connectivity index (χ1) is 14.5. The third kappa shape index (κ3) is 5.40. The van der Waals surface area contributed by atoms with Crippen molar-refractivity contribution in [3.63, 3.8) is 0 Å². The summed E-state index contributed by atoms with van der Waals surface area (Å²) in [4.78, 5) is 13.9. The molecule has 2 aromatic carbocycles. The molecule has 1 amide bonds. The van der Waals surface area contributed by atoms with Crippen molar-refractivity contribution in [1.29, 1.82) is 0 Å². The van der Waals surface area contributed by atoms with Crippen molar-refractivity contribution in [2.24, 2.45) is 0 Å². The second-order valence-electron chi connectivity index (χ2n) is 8.61. The molecule has 5 nitrogen and oxygen atoms in total. The number of hydrogen-bond donors (Lipinski definition) is 2. The first kappa shape index (κ1) is 26.5. The monoisotopic (exact) mass is 479 g/mol. The van der Waals surface area contributed by atoms with Gasteiger partial charge in [0.2, 0.25) is 5.91 Å². The Morgan fingerprint density at radius 1 is 1.19 bits per heavy atom. The third-order valence-electron chi connectivity index (χ3n) is 6.83. The average molecular weight is 480 g/mol. The Bertz CT molecular complexity index is 890. The van der Waals surface area contributed by atoms with Gasteiger partial charge >= 0.3 is 0 Å². The number of halogens is 2. The summed E-state index contributed by atoms with van der Waals surface area (Å²) in [5, 5.41) is 7.47. The van der Waals surface area contributed by atoms with Crippen molar-refractivity contribution >= 4 is 30.7 Å². The molecular weight excluding hydrogens is 445 g/mol. The van der Waals surface area contributed by atoms with E-state index in [1.54, 1.807) is 14.0 Å². The summed E-state index contributed by atoms with van der Waals surface area (Å²) in [7, 11) is 3.64. The van der Waals surface area contributed by atoms with Crippen LogP contribution in [0.5, 0.6) is 5.75 Å². The fraction of sp³-hybridized carbons (Fsp3) is 0.480. The van der Waals surface area contributed by atoms with E-state index in [0.717, 1.165) is 43.7 Å². The highest BCUT2D eigenvalue weighted by atomic mass is 35.5. The van der Waals surface area contributed by atoms with E-state index in [0.29, 0.717) is 12.1 Å². The number of nitrogens with zero attached hydrogens (tertiary/aromatic N) is 1. The van der Waals surface area contributed by atoms with Crippen molar-refractivity contribution in [2.75, 3.05) is 20.7 Å². The van der Waals surface area contributed by atoms with Gasteiger partial charge in [0.05, 0.1) is 12.6 Å². The van der Waals surface area contributed by atoms with E-state index in [2.05, 4.69) is 53.1 Å². The van der Waals surface area contributed by atoms with Crippen molar-refractivity contribution in [3.05, 3.63) is 65.2 Å². The third-order valence-corrected chi connectivity index (χ3v) is 6.83. The molecule has 2 N–H and O–H groups in total. The summed E-state index contributed by atoms with van der Waals surface area (Å²) in [5.74, 6) is 1.01. The minimum atomic E-state index is -0.147. The summed E-state index contributed by atoms with van der Waals surface area (Å²) in [5.41, 5.74) is 3.54. The first-order valence-electron chi connectivity index (χ1n) is 11.0. The quantitative estimate of drug-likeness (QED) is 0.609. The Hall–Kier alpha value is -1.79. The number of nitrogens with one attached hydrogen (secondary N) is 2. The lowest BCUT2D eigenvalue weighted by molar-refractivity contribution is -0.130. The zero-order valence-electron chi connectivity index (χ0n) is 19.1. The van der Waals surface area contributed by atoms with Gasteiger partial charge in [-0.25, -0.2) is 0 Å². The van der Waals surface area contributed by atoms with Gasteiger partial charge in [-0.3, -0.25) is 4.79 Å². The van der Waals surface area contributed by atoms with Gasteiger partial charge in [-0.15, -0.1) is 24.8 Å². The number of methoxy groups -OCH3 is 1. The molecule has 0 unspecified atom stereocenters. The van der Waals surface area contributed by atoms with Crippen molar-refractivity contribution < 1.29 is 9.53 Å². The van der Waals surface area contributed by atoms with Gasteiger partial charge in [0, 0.05) is 38.2 Å². The topological polar surface area (TPSA) is 53.6 Å². The number of rotatable bonds is 7. The maximum Gasteiger partial charge on any atom is 0.219 e. The molecule has 7 heteroatoms. The van der Waals surface area contributed by atoms with Crippen molar-refractivity contribution in [3.8, 4) is 5.75 Å². The van der Waals surface area contributed by atoms with E-state index >= 15 is 0 Å². The average Bonchev–Trinajstić information content (AvgIpc) is 3.59. The zero-order valence-corrected chi connectivity index (χ0v) is 20.7. The Kier molecular flexibility index (Phi) is 9.40. The molecule has 2 aromatic rings. The SMILES string of the molecule is COc1ccc(C2(N(C)C(C)=O)CC2)cc1CN[C@H]1CCCN[C@H]1c1ccccc1.Cl.Cl. The van der Waals surface area contributed by atoms with Crippen molar-refractivity contribution in [1.82, 2.24) is 15.5 Å². The molecule has 0 spiro atoms. The Labute approximate surface area is 204 Å². The molecule has 32 heavy (non-hydrogen) atoms. The molecule has 2 atom stereocenters. The van der Waals surface area contributed by atoms with E-state index in [9.17, 15) is 4.79 Å². The molecule has 1 saturated carbocycles. The van der Waals surface area contributed by atoms with E-state index in [1.807, 2.05) is 18.0 Å². The highest BCUT2D eigenvalue weighted by Gasteiger charge is 2.49. The molecule has 176 valence electrons. The number of benzene rings is 2. The summed E-state index contributed by atoms with van der Waals surface area (Å²) >= 11 is 0. The van der Waals surface area contributed by atoms with Crippen LogP contribution in [0.3, 0.4) is 0 Å². The Morgan fingerprint density at radius 2 is 1.91 bits per heavy atom. The molecule has 4 rings (SSSR count). The lowest BCUT2D eigenvalue weighted by atomic mass is 9.92. The van der Waals surface area contributed by atoms with Gasteiger partial charge in [-0.1, -0.05) is 36.4 Å². The molecule has 1 saturated heterocycles. The van der Waals surface area contributed by atoms with Crippen LogP contribution in [0.4, 0.5) is 0 Å². The number of carbonyl (C=O) groups excluding carboxylic acids is 1. The van der Waals surface area contributed by atoms with Crippen LogP contribution in [-0.4, -0.2) is 37.6 Å². The van der Waals surface area contributed by atoms with E-state index < -0.39 is 0 Å². The standard InChI is InChI=1S/C25H33N3O2.2ClH/c1-18(29)28(2)25(13-14-25)21-11-12-23(30-3)20(16-21)17-27-22-10-7-15-26-24(22)19-8-5-4-6-9-19;;/h4-6,8-9,11-12,16,22,24,26-27H,7,10,13-15,17H2,1-3H3;2*1H/t22-,24-;;/m0../s1. The molecule has 1 heterocycles. The predicted octanol–water partition coefficient (Wildman–Crippen LogP) is 4.59. The van der Waals surface area contributed by atoms with Gasteiger partial charge in [-0.2, -0.15) is 0 Å². The predicted molar refractivity (Wildman–Crippen MR) is 134 cm³/mol. The molecule has 1 aliphatic carbocycles. The molecular formula is C25H35Cl2N3O2.